The second kappa shape index (κ2) is 7.45. The van der Waals surface area contributed by atoms with Crippen molar-refractivity contribution in [2.75, 3.05) is 23.3 Å². The van der Waals surface area contributed by atoms with E-state index in [1.807, 2.05) is 18.2 Å². The molecule has 1 aliphatic heterocycles. The number of aromatic amines is 1. The summed E-state index contributed by atoms with van der Waals surface area (Å²) in [6.07, 6.45) is 3.88. The van der Waals surface area contributed by atoms with Gasteiger partial charge in [0.1, 0.15) is 17.7 Å². The van der Waals surface area contributed by atoms with E-state index in [1.54, 1.807) is 6.07 Å². The fourth-order valence-electron chi connectivity index (χ4n) is 2.98. The number of hydrogen-bond acceptors (Lipinski definition) is 7. The Morgan fingerprint density at radius 3 is 3.00 bits per heavy atom. The van der Waals surface area contributed by atoms with Crippen molar-refractivity contribution in [2.45, 2.75) is 19.8 Å². The molecule has 1 atom stereocenters. The lowest BCUT2D eigenvalue weighted by Crippen LogP contribution is -2.34. The van der Waals surface area contributed by atoms with Gasteiger partial charge in [0.2, 0.25) is 5.82 Å². The summed E-state index contributed by atoms with van der Waals surface area (Å²) in [6, 6.07) is 9.92. The Kier molecular flexibility index (Phi) is 4.91. The molecular formula is C17H18N8. The second-order valence-electron chi connectivity index (χ2n) is 6.09. The van der Waals surface area contributed by atoms with Crippen molar-refractivity contribution < 1.29 is 0 Å². The van der Waals surface area contributed by atoms with Gasteiger partial charge in [0.25, 0.3) is 0 Å². The van der Waals surface area contributed by atoms with E-state index in [9.17, 15) is 10.5 Å². The smallest absolute Gasteiger partial charge is 0.216 e. The summed E-state index contributed by atoms with van der Waals surface area (Å²) in [5, 5.41) is 35.0. The molecule has 1 aromatic carbocycles. The first-order chi connectivity index (χ1) is 12.2. The molecule has 0 amide bonds. The van der Waals surface area contributed by atoms with Crippen molar-refractivity contribution in [2.24, 2.45) is 5.92 Å². The zero-order valence-electron chi connectivity index (χ0n) is 13.9. The zero-order chi connectivity index (χ0) is 17.6. The molecule has 126 valence electrons. The lowest BCUT2D eigenvalue weighted by Gasteiger charge is -2.33. The summed E-state index contributed by atoms with van der Waals surface area (Å²) in [5.41, 5.74) is 2.55. The van der Waals surface area contributed by atoms with Gasteiger partial charge in [-0.25, -0.2) is 0 Å². The van der Waals surface area contributed by atoms with Crippen LogP contribution in [0.4, 0.5) is 11.4 Å². The lowest BCUT2D eigenvalue weighted by atomic mass is 9.99. The van der Waals surface area contributed by atoms with Crippen molar-refractivity contribution in [1.29, 1.82) is 10.5 Å². The SMILES string of the molecule is CC1CCCN(c2ccc(NC=C(C#N)c3nn[nH]n3)cc2C#N)C1. The summed E-state index contributed by atoms with van der Waals surface area (Å²) < 4.78 is 0. The number of nitrogens with zero attached hydrogens (tertiary/aromatic N) is 6. The number of allylic oxidation sites excluding steroid dienone is 1. The number of aromatic nitrogens is 4. The highest BCUT2D eigenvalue weighted by Crippen LogP contribution is 2.28. The van der Waals surface area contributed by atoms with Gasteiger partial charge in [0.05, 0.1) is 11.3 Å². The third-order valence-corrected chi connectivity index (χ3v) is 4.20. The molecule has 1 aliphatic rings. The molecule has 2 aromatic rings. The molecule has 25 heavy (non-hydrogen) atoms. The Balaban J connectivity index is 1.80. The molecule has 0 bridgehead atoms. The van der Waals surface area contributed by atoms with Gasteiger partial charge in [-0.15, -0.1) is 10.2 Å². The van der Waals surface area contributed by atoms with Gasteiger partial charge >= 0.3 is 0 Å². The largest absolute Gasteiger partial charge is 0.370 e. The van der Waals surface area contributed by atoms with E-state index >= 15 is 0 Å². The minimum Gasteiger partial charge on any atom is -0.370 e. The number of nitrogens with one attached hydrogen (secondary N) is 2. The quantitative estimate of drug-likeness (QED) is 0.824. The van der Waals surface area contributed by atoms with Crippen LogP contribution in [0.25, 0.3) is 5.57 Å². The fourth-order valence-corrected chi connectivity index (χ4v) is 2.98. The minimum absolute atomic E-state index is 0.217. The Hall–Kier alpha value is -3.39. The third kappa shape index (κ3) is 3.75. The Bertz CT molecular complexity index is 841. The summed E-state index contributed by atoms with van der Waals surface area (Å²) in [4.78, 5) is 2.27. The molecule has 8 heteroatoms. The van der Waals surface area contributed by atoms with E-state index in [0.717, 1.165) is 30.9 Å². The molecule has 2 N–H and O–H groups in total. The van der Waals surface area contributed by atoms with Gasteiger partial charge in [0, 0.05) is 25.0 Å². The van der Waals surface area contributed by atoms with Crippen molar-refractivity contribution >= 4 is 16.9 Å². The molecule has 1 aromatic heterocycles. The maximum absolute atomic E-state index is 9.51. The highest BCUT2D eigenvalue weighted by molar-refractivity contribution is 5.75. The number of nitriles is 2. The first-order valence-electron chi connectivity index (χ1n) is 8.11. The molecule has 1 fully saturated rings. The predicted molar refractivity (Wildman–Crippen MR) is 93.2 cm³/mol. The van der Waals surface area contributed by atoms with Crippen molar-refractivity contribution in [3.05, 3.63) is 35.8 Å². The summed E-state index contributed by atoms with van der Waals surface area (Å²) in [6.45, 7) is 4.18. The van der Waals surface area contributed by atoms with E-state index in [0.29, 0.717) is 11.5 Å². The van der Waals surface area contributed by atoms with Crippen LogP contribution in [0, 0.1) is 28.6 Å². The number of hydrogen-bond donors (Lipinski definition) is 2. The fraction of sp³-hybridized carbons (Fsp3) is 0.353. The Morgan fingerprint density at radius 1 is 1.44 bits per heavy atom. The third-order valence-electron chi connectivity index (χ3n) is 4.20. The predicted octanol–water partition coefficient (Wildman–Crippen LogP) is 2.28. The van der Waals surface area contributed by atoms with Crippen molar-refractivity contribution in [3.8, 4) is 12.1 Å². The molecule has 8 nitrogen and oxygen atoms in total. The van der Waals surface area contributed by atoms with Crippen LogP contribution < -0.4 is 10.2 Å². The zero-order valence-corrected chi connectivity index (χ0v) is 13.9. The average Bonchev–Trinajstić information content (AvgIpc) is 3.16. The van der Waals surface area contributed by atoms with Gasteiger partial charge in [-0.2, -0.15) is 15.7 Å². The van der Waals surface area contributed by atoms with Crippen LogP contribution >= 0.6 is 0 Å². The van der Waals surface area contributed by atoms with E-state index in [1.165, 1.54) is 12.6 Å². The average molecular weight is 334 g/mol. The molecule has 1 unspecified atom stereocenters. The second-order valence-corrected chi connectivity index (χ2v) is 6.09. The molecule has 1 saturated heterocycles. The molecular weight excluding hydrogens is 316 g/mol. The van der Waals surface area contributed by atoms with Crippen LogP contribution in [0.5, 0.6) is 0 Å². The Morgan fingerprint density at radius 2 is 2.32 bits per heavy atom. The molecule has 0 aliphatic carbocycles. The van der Waals surface area contributed by atoms with Crippen molar-refractivity contribution in [3.63, 3.8) is 0 Å². The lowest BCUT2D eigenvalue weighted by molar-refractivity contribution is 0.446. The number of H-pyrrole nitrogens is 1. The topological polar surface area (TPSA) is 117 Å². The first kappa shape index (κ1) is 16.5. The maximum Gasteiger partial charge on any atom is 0.216 e. The Labute approximate surface area is 145 Å². The standard InChI is InChI=1S/C17H18N8/c1-12-3-2-6-25(11-12)16-5-4-15(7-13(16)8-18)20-10-14(9-19)17-21-23-24-22-17/h4-5,7,10,12,20H,2-3,6,11H2,1H3,(H,21,22,23,24). The molecule has 0 saturated carbocycles. The van der Waals surface area contributed by atoms with Crippen LogP contribution in [0.1, 0.15) is 31.2 Å². The number of anilines is 2. The molecule has 3 rings (SSSR count). The van der Waals surface area contributed by atoms with Crippen LogP contribution in [0.15, 0.2) is 24.4 Å². The molecule has 0 radical (unpaired) electrons. The van der Waals surface area contributed by atoms with Crippen LogP contribution in [0.3, 0.4) is 0 Å². The first-order valence-corrected chi connectivity index (χ1v) is 8.11. The molecule has 2 heterocycles. The number of rotatable bonds is 4. The van der Waals surface area contributed by atoms with Gasteiger partial charge in [-0.05, 0) is 42.2 Å². The van der Waals surface area contributed by atoms with Gasteiger partial charge in [-0.3, -0.25) is 0 Å². The van der Waals surface area contributed by atoms with Crippen LogP contribution in [-0.4, -0.2) is 33.7 Å². The number of benzene rings is 1. The van der Waals surface area contributed by atoms with Crippen molar-refractivity contribution in [1.82, 2.24) is 20.6 Å². The number of tetrazole rings is 1. The van der Waals surface area contributed by atoms with Gasteiger partial charge < -0.3 is 10.2 Å². The van der Waals surface area contributed by atoms with E-state index in [-0.39, 0.29) is 11.4 Å². The maximum atomic E-state index is 9.51. The monoisotopic (exact) mass is 334 g/mol. The van der Waals surface area contributed by atoms with Gasteiger partial charge in [0.15, 0.2) is 0 Å². The number of piperidine rings is 1. The minimum atomic E-state index is 0.217. The highest BCUT2D eigenvalue weighted by Gasteiger charge is 2.19. The van der Waals surface area contributed by atoms with E-state index in [4.69, 9.17) is 0 Å². The molecule has 0 spiro atoms. The van der Waals surface area contributed by atoms with Crippen LogP contribution in [-0.2, 0) is 0 Å². The highest BCUT2D eigenvalue weighted by atomic mass is 15.5. The van der Waals surface area contributed by atoms with Crippen LogP contribution in [0.2, 0.25) is 0 Å². The van der Waals surface area contributed by atoms with Gasteiger partial charge in [-0.1, -0.05) is 6.92 Å². The van der Waals surface area contributed by atoms with E-state index < -0.39 is 0 Å². The summed E-state index contributed by atoms with van der Waals surface area (Å²) >= 11 is 0. The normalized spacial score (nSPS) is 17.6. The van der Waals surface area contributed by atoms with E-state index in [2.05, 4.69) is 43.8 Å². The summed E-state index contributed by atoms with van der Waals surface area (Å²) in [7, 11) is 0. The summed E-state index contributed by atoms with van der Waals surface area (Å²) in [5.74, 6) is 0.851.